The maximum Gasteiger partial charge on any atom is 0.339 e. The summed E-state index contributed by atoms with van der Waals surface area (Å²) in [6, 6.07) is 9.54. The van der Waals surface area contributed by atoms with Gasteiger partial charge in [-0.3, -0.25) is 0 Å². The van der Waals surface area contributed by atoms with Crippen molar-refractivity contribution in [2.75, 3.05) is 18.7 Å². The first-order chi connectivity index (χ1) is 9.90. The highest BCUT2D eigenvalue weighted by Gasteiger charge is 2.07. The van der Waals surface area contributed by atoms with Gasteiger partial charge in [0.1, 0.15) is 5.82 Å². The van der Waals surface area contributed by atoms with E-state index in [2.05, 4.69) is 15.0 Å². The Labute approximate surface area is 122 Å². The summed E-state index contributed by atoms with van der Waals surface area (Å²) in [6.07, 6.45) is 2.56. The molecule has 0 bridgehead atoms. The molecule has 7 heteroatoms. The first-order valence-electron chi connectivity index (χ1n) is 6.01. The minimum Gasteiger partial charge on any atom is -0.465 e. The zero-order valence-corrected chi connectivity index (χ0v) is 12.3. The minimum absolute atomic E-state index is 0.252. The molecule has 2 aromatic rings. The van der Waals surface area contributed by atoms with Gasteiger partial charge in [-0.25, -0.2) is 18.2 Å². The van der Waals surface area contributed by atoms with Crippen LogP contribution in [0.2, 0.25) is 0 Å². The van der Waals surface area contributed by atoms with E-state index in [1.165, 1.54) is 25.4 Å². The highest BCUT2D eigenvalue weighted by atomic mass is 32.2. The van der Waals surface area contributed by atoms with Crippen molar-refractivity contribution in [2.45, 2.75) is 4.90 Å². The number of hydrogen-bond donors (Lipinski definition) is 1. The SMILES string of the molecule is COC(=O)c1ccc(Nc2ccc(S(C)(=O)=O)cc2)nc1. The number of aromatic nitrogens is 1. The van der Waals surface area contributed by atoms with Gasteiger partial charge in [-0.2, -0.15) is 0 Å². The van der Waals surface area contributed by atoms with E-state index in [1.807, 2.05) is 0 Å². The molecular formula is C14H14N2O4S. The van der Waals surface area contributed by atoms with Crippen molar-refractivity contribution in [3.8, 4) is 0 Å². The molecule has 21 heavy (non-hydrogen) atoms. The molecule has 0 aliphatic heterocycles. The summed E-state index contributed by atoms with van der Waals surface area (Å²) in [5, 5.41) is 3.01. The van der Waals surface area contributed by atoms with Crippen molar-refractivity contribution in [2.24, 2.45) is 0 Å². The van der Waals surface area contributed by atoms with E-state index in [0.717, 1.165) is 6.26 Å². The van der Waals surface area contributed by atoms with Crippen LogP contribution in [0.1, 0.15) is 10.4 Å². The molecule has 6 nitrogen and oxygen atoms in total. The summed E-state index contributed by atoms with van der Waals surface area (Å²) in [5.74, 6) is 0.0845. The van der Waals surface area contributed by atoms with Gasteiger partial charge < -0.3 is 10.1 Å². The van der Waals surface area contributed by atoms with E-state index >= 15 is 0 Å². The van der Waals surface area contributed by atoms with E-state index in [4.69, 9.17) is 0 Å². The Bertz CT molecular complexity index is 738. The van der Waals surface area contributed by atoms with E-state index < -0.39 is 15.8 Å². The predicted molar refractivity (Wildman–Crippen MR) is 78.4 cm³/mol. The highest BCUT2D eigenvalue weighted by molar-refractivity contribution is 7.90. The van der Waals surface area contributed by atoms with Gasteiger partial charge in [0.25, 0.3) is 0 Å². The van der Waals surface area contributed by atoms with Gasteiger partial charge in [0.05, 0.1) is 17.6 Å². The molecule has 0 saturated heterocycles. The van der Waals surface area contributed by atoms with Crippen LogP contribution >= 0.6 is 0 Å². The Morgan fingerprint density at radius 2 is 1.81 bits per heavy atom. The number of benzene rings is 1. The maximum absolute atomic E-state index is 11.4. The molecule has 1 aromatic carbocycles. The molecule has 0 aliphatic carbocycles. The van der Waals surface area contributed by atoms with Crippen LogP contribution < -0.4 is 5.32 Å². The number of methoxy groups -OCH3 is 1. The molecule has 0 fully saturated rings. The largest absolute Gasteiger partial charge is 0.465 e. The fraction of sp³-hybridized carbons (Fsp3) is 0.143. The smallest absolute Gasteiger partial charge is 0.339 e. The van der Waals surface area contributed by atoms with Crippen molar-refractivity contribution < 1.29 is 17.9 Å². The maximum atomic E-state index is 11.4. The Hall–Kier alpha value is -2.41. The van der Waals surface area contributed by atoms with E-state index in [9.17, 15) is 13.2 Å². The van der Waals surface area contributed by atoms with Crippen LogP contribution in [-0.4, -0.2) is 32.7 Å². The number of carbonyl (C=O) groups is 1. The molecule has 0 saturated carbocycles. The summed E-state index contributed by atoms with van der Waals surface area (Å²) < 4.78 is 27.3. The second-order valence-corrected chi connectivity index (χ2v) is 6.36. The molecule has 1 aromatic heterocycles. The number of anilines is 2. The van der Waals surface area contributed by atoms with Crippen LogP contribution in [0.4, 0.5) is 11.5 Å². The second-order valence-electron chi connectivity index (χ2n) is 4.35. The molecule has 1 N–H and O–H groups in total. The molecule has 1 heterocycles. The lowest BCUT2D eigenvalue weighted by Gasteiger charge is -2.07. The summed E-state index contributed by atoms with van der Waals surface area (Å²) in [6.45, 7) is 0. The van der Waals surface area contributed by atoms with Crippen LogP contribution in [0.15, 0.2) is 47.5 Å². The van der Waals surface area contributed by atoms with Crippen molar-refractivity contribution in [1.29, 1.82) is 0 Å². The summed E-state index contributed by atoms with van der Waals surface area (Å²) in [5.41, 5.74) is 1.05. The fourth-order valence-electron chi connectivity index (χ4n) is 1.64. The van der Waals surface area contributed by atoms with E-state index in [1.54, 1.807) is 24.3 Å². The lowest BCUT2D eigenvalue weighted by molar-refractivity contribution is 0.0600. The fourth-order valence-corrected chi connectivity index (χ4v) is 2.27. The van der Waals surface area contributed by atoms with Gasteiger partial charge in [0.15, 0.2) is 9.84 Å². The summed E-state index contributed by atoms with van der Waals surface area (Å²) in [7, 11) is -1.90. The van der Waals surface area contributed by atoms with Crippen LogP contribution in [0.25, 0.3) is 0 Å². The van der Waals surface area contributed by atoms with E-state index in [-0.39, 0.29) is 4.90 Å². The first kappa shape index (κ1) is 15.0. The zero-order chi connectivity index (χ0) is 15.5. The van der Waals surface area contributed by atoms with Gasteiger partial charge in [-0.05, 0) is 36.4 Å². The van der Waals surface area contributed by atoms with Crippen LogP contribution in [0.3, 0.4) is 0 Å². The second kappa shape index (κ2) is 5.92. The van der Waals surface area contributed by atoms with Gasteiger partial charge >= 0.3 is 5.97 Å². The third kappa shape index (κ3) is 3.79. The number of carbonyl (C=O) groups excluding carboxylic acids is 1. The Morgan fingerprint density at radius 1 is 1.14 bits per heavy atom. The Kier molecular flexibility index (Phi) is 4.23. The normalized spacial score (nSPS) is 11.0. The van der Waals surface area contributed by atoms with Crippen LogP contribution in [0, 0.1) is 0 Å². The van der Waals surface area contributed by atoms with Crippen LogP contribution in [0.5, 0.6) is 0 Å². The monoisotopic (exact) mass is 306 g/mol. The van der Waals surface area contributed by atoms with Gasteiger partial charge in [-0.15, -0.1) is 0 Å². The van der Waals surface area contributed by atoms with Crippen molar-refractivity contribution >= 4 is 27.3 Å². The zero-order valence-electron chi connectivity index (χ0n) is 11.5. The average molecular weight is 306 g/mol. The number of esters is 1. The standard InChI is InChI=1S/C14H14N2O4S/c1-20-14(17)10-3-8-13(15-9-10)16-11-4-6-12(7-5-11)21(2,18)19/h3-9H,1-2H3,(H,15,16). The third-order valence-corrected chi connectivity index (χ3v) is 3.87. The molecular weight excluding hydrogens is 292 g/mol. The molecule has 0 spiro atoms. The Morgan fingerprint density at radius 3 is 2.29 bits per heavy atom. The summed E-state index contributed by atoms with van der Waals surface area (Å²) >= 11 is 0. The van der Waals surface area contributed by atoms with Crippen LogP contribution in [-0.2, 0) is 14.6 Å². The summed E-state index contributed by atoms with van der Waals surface area (Å²) in [4.78, 5) is 15.6. The third-order valence-electron chi connectivity index (χ3n) is 2.74. The predicted octanol–water partition coefficient (Wildman–Crippen LogP) is 2.02. The molecule has 0 atom stereocenters. The quantitative estimate of drug-likeness (QED) is 0.870. The number of nitrogens with zero attached hydrogens (tertiary/aromatic N) is 1. The van der Waals surface area contributed by atoms with Gasteiger partial charge in [-0.1, -0.05) is 0 Å². The molecule has 2 rings (SSSR count). The van der Waals surface area contributed by atoms with Gasteiger partial charge in [0.2, 0.25) is 0 Å². The van der Waals surface area contributed by atoms with Crippen molar-refractivity contribution in [3.05, 3.63) is 48.2 Å². The molecule has 110 valence electrons. The number of nitrogens with one attached hydrogen (secondary N) is 1. The van der Waals surface area contributed by atoms with E-state index in [0.29, 0.717) is 17.1 Å². The van der Waals surface area contributed by atoms with Crippen molar-refractivity contribution in [1.82, 2.24) is 4.98 Å². The molecule has 0 unspecified atom stereocenters. The Balaban J connectivity index is 2.13. The number of sulfone groups is 1. The molecule has 0 aliphatic rings. The van der Waals surface area contributed by atoms with Gasteiger partial charge in [0, 0.05) is 18.1 Å². The highest BCUT2D eigenvalue weighted by Crippen LogP contribution is 2.17. The number of hydrogen-bond acceptors (Lipinski definition) is 6. The first-order valence-corrected chi connectivity index (χ1v) is 7.91. The average Bonchev–Trinajstić information content (AvgIpc) is 2.47. The lowest BCUT2D eigenvalue weighted by atomic mass is 10.3. The molecule has 0 radical (unpaired) electrons. The topological polar surface area (TPSA) is 85.4 Å². The lowest BCUT2D eigenvalue weighted by Crippen LogP contribution is -2.02. The number of rotatable bonds is 4. The minimum atomic E-state index is -3.21. The number of pyridine rings is 1. The molecule has 0 amide bonds. The van der Waals surface area contributed by atoms with Crippen molar-refractivity contribution in [3.63, 3.8) is 0 Å². The number of ether oxygens (including phenoxy) is 1.